The maximum absolute atomic E-state index is 14.2. The average Bonchev–Trinajstić information content (AvgIpc) is 2.73. The zero-order valence-electron chi connectivity index (χ0n) is 17.9. The van der Waals surface area contributed by atoms with Gasteiger partial charge in [0.2, 0.25) is 0 Å². The van der Waals surface area contributed by atoms with Crippen LogP contribution in [0.2, 0.25) is 5.02 Å². The van der Waals surface area contributed by atoms with Gasteiger partial charge in [-0.05, 0) is 79.3 Å². The molecule has 1 aliphatic heterocycles. The number of anilines is 1. The molecule has 0 spiro atoms. The van der Waals surface area contributed by atoms with Crippen molar-refractivity contribution in [2.45, 2.75) is 32.7 Å². The van der Waals surface area contributed by atoms with Crippen molar-refractivity contribution in [3.8, 4) is 11.1 Å². The molecule has 0 bridgehead atoms. The quantitative estimate of drug-likeness (QED) is 0.520. The molecule has 0 unspecified atom stereocenters. The van der Waals surface area contributed by atoms with Crippen LogP contribution in [0.15, 0.2) is 54.9 Å². The summed E-state index contributed by atoms with van der Waals surface area (Å²) in [4.78, 5) is 6.87. The number of pyridine rings is 1. The first kappa shape index (κ1) is 21.5. The Morgan fingerprint density at radius 2 is 1.94 bits per heavy atom. The molecular weight excluding hydrogens is 409 g/mol. The van der Waals surface area contributed by atoms with E-state index in [0.717, 1.165) is 65.0 Å². The Bertz CT molecular complexity index is 1100. The van der Waals surface area contributed by atoms with E-state index in [4.69, 9.17) is 17.3 Å². The summed E-state index contributed by atoms with van der Waals surface area (Å²) in [6.45, 7) is 5.71. The molecule has 0 atom stereocenters. The van der Waals surface area contributed by atoms with Crippen LogP contribution in [-0.4, -0.2) is 24.1 Å². The van der Waals surface area contributed by atoms with Gasteiger partial charge in [0.1, 0.15) is 5.82 Å². The number of rotatable bonds is 4. The third-order valence-corrected chi connectivity index (χ3v) is 6.04. The Balaban J connectivity index is 1.86. The Labute approximate surface area is 188 Å². The van der Waals surface area contributed by atoms with Crippen LogP contribution in [-0.2, 0) is 0 Å². The van der Waals surface area contributed by atoms with E-state index in [0.29, 0.717) is 5.02 Å². The van der Waals surface area contributed by atoms with Crippen LogP contribution in [0.4, 0.5) is 10.1 Å². The van der Waals surface area contributed by atoms with Crippen molar-refractivity contribution in [3.05, 3.63) is 82.4 Å². The molecule has 1 aromatic heterocycles. The molecule has 1 fully saturated rings. The first-order valence-corrected chi connectivity index (χ1v) is 11.0. The minimum atomic E-state index is -0.238. The van der Waals surface area contributed by atoms with Gasteiger partial charge in [0, 0.05) is 47.7 Å². The van der Waals surface area contributed by atoms with Gasteiger partial charge in [0.25, 0.3) is 0 Å². The Morgan fingerprint density at radius 3 is 2.65 bits per heavy atom. The van der Waals surface area contributed by atoms with Crippen molar-refractivity contribution in [2.75, 3.05) is 18.0 Å². The first-order chi connectivity index (χ1) is 14.9. The lowest BCUT2D eigenvalue weighted by Crippen LogP contribution is -2.40. The predicted octanol–water partition coefficient (Wildman–Crippen LogP) is 6.34. The van der Waals surface area contributed by atoms with E-state index >= 15 is 0 Å². The maximum atomic E-state index is 14.2. The molecule has 0 aliphatic carbocycles. The van der Waals surface area contributed by atoms with Gasteiger partial charge in [0.15, 0.2) is 0 Å². The number of aryl methyl sites for hydroxylation is 1. The van der Waals surface area contributed by atoms with Gasteiger partial charge in [-0.3, -0.25) is 4.98 Å². The lowest BCUT2D eigenvalue weighted by atomic mass is 9.96. The summed E-state index contributed by atoms with van der Waals surface area (Å²) in [6, 6.07) is 13.2. The molecule has 0 saturated carbocycles. The third-order valence-electron chi connectivity index (χ3n) is 5.81. The van der Waals surface area contributed by atoms with Crippen molar-refractivity contribution in [1.29, 1.82) is 0 Å². The van der Waals surface area contributed by atoms with Crippen LogP contribution >= 0.6 is 11.6 Å². The number of hydrogen-bond donors (Lipinski definition) is 1. The smallest absolute Gasteiger partial charge is 0.124 e. The molecule has 1 saturated heterocycles. The summed E-state index contributed by atoms with van der Waals surface area (Å²) in [7, 11) is 0. The topological polar surface area (TPSA) is 42.2 Å². The van der Waals surface area contributed by atoms with Crippen LogP contribution in [0.1, 0.15) is 36.5 Å². The number of benzene rings is 2. The van der Waals surface area contributed by atoms with Crippen molar-refractivity contribution >= 4 is 28.9 Å². The van der Waals surface area contributed by atoms with Crippen LogP contribution in [0.5, 0.6) is 0 Å². The number of piperidine rings is 1. The first-order valence-electron chi connectivity index (χ1n) is 10.6. The fraction of sp³-hybridized carbons (Fsp3) is 0.269. The van der Waals surface area contributed by atoms with Gasteiger partial charge < -0.3 is 10.6 Å². The molecule has 4 rings (SSSR count). The van der Waals surface area contributed by atoms with Crippen molar-refractivity contribution in [3.63, 3.8) is 0 Å². The van der Waals surface area contributed by atoms with Gasteiger partial charge >= 0.3 is 0 Å². The molecule has 160 valence electrons. The fourth-order valence-electron chi connectivity index (χ4n) is 4.20. The van der Waals surface area contributed by atoms with Crippen molar-refractivity contribution in [2.24, 2.45) is 5.73 Å². The minimum Gasteiger partial charge on any atom is -0.370 e. The number of halogens is 2. The van der Waals surface area contributed by atoms with Gasteiger partial charge in [-0.2, -0.15) is 0 Å². The molecule has 0 radical (unpaired) electrons. The summed E-state index contributed by atoms with van der Waals surface area (Å²) >= 11 is 6.20. The number of aromatic nitrogens is 1. The Kier molecular flexibility index (Phi) is 6.40. The highest BCUT2D eigenvalue weighted by Gasteiger charge is 2.22. The van der Waals surface area contributed by atoms with Crippen LogP contribution < -0.4 is 10.6 Å². The average molecular weight is 436 g/mol. The summed E-state index contributed by atoms with van der Waals surface area (Å²) in [5, 5.41) is 0.706. The maximum Gasteiger partial charge on any atom is 0.124 e. The molecule has 3 aromatic rings. The number of allylic oxidation sites excluding steroid dienone is 1. The van der Waals surface area contributed by atoms with Gasteiger partial charge in [-0.1, -0.05) is 29.8 Å². The van der Waals surface area contributed by atoms with E-state index in [1.165, 1.54) is 0 Å². The highest BCUT2D eigenvalue weighted by atomic mass is 35.5. The van der Waals surface area contributed by atoms with Crippen LogP contribution in [0.25, 0.3) is 22.8 Å². The van der Waals surface area contributed by atoms with Gasteiger partial charge in [-0.15, -0.1) is 0 Å². The van der Waals surface area contributed by atoms with Gasteiger partial charge in [0.05, 0.1) is 5.69 Å². The van der Waals surface area contributed by atoms with E-state index in [1.54, 1.807) is 12.1 Å². The van der Waals surface area contributed by atoms with E-state index < -0.39 is 0 Å². The van der Waals surface area contributed by atoms with E-state index in [2.05, 4.69) is 22.9 Å². The third kappa shape index (κ3) is 4.97. The molecular formula is C26H27ClFN3. The monoisotopic (exact) mass is 435 g/mol. The standard InChI is InChI=1S/C26H27ClFN3/c1-17-10-20(14-23(28)11-17)25-16-30-15-21(26(25)31-8-6-24(29)7-9-31)12-18(2)19-4-3-5-22(27)13-19/h3-5,10-16,24H,6-9,29H2,1-2H3/b18-12+. The lowest BCUT2D eigenvalue weighted by molar-refractivity contribution is 0.501. The predicted molar refractivity (Wildman–Crippen MR) is 129 cm³/mol. The Morgan fingerprint density at radius 1 is 1.16 bits per heavy atom. The fourth-order valence-corrected chi connectivity index (χ4v) is 4.40. The highest BCUT2D eigenvalue weighted by Crippen LogP contribution is 2.37. The number of nitrogens with two attached hydrogens (primary N) is 1. The summed E-state index contributed by atoms with van der Waals surface area (Å²) in [5.74, 6) is -0.238. The van der Waals surface area contributed by atoms with Crippen LogP contribution in [0.3, 0.4) is 0 Å². The summed E-state index contributed by atoms with van der Waals surface area (Å²) < 4.78 is 14.2. The molecule has 3 nitrogen and oxygen atoms in total. The Hall–Kier alpha value is -2.69. The molecule has 0 amide bonds. The zero-order valence-corrected chi connectivity index (χ0v) is 18.7. The second kappa shape index (κ2) is 9.21. The van der Waals surface area contributed by atoms with Crippen molar-refractivity contribution < 1.29 is 4.39 Å². The second-order valence-electron chi connectivity index (χ2n) is 8.30. The second-order valence-corrected chi connectivity index (χ2v) is 8.74. The number of hydrogen-bond acceptors (Lipinski definition) is 3. The lowest BCUT2D eigenvalue weighted by Gasteiger charge is -2.34. The van der Waals surface area contributed by atoms with E-state index in [9.17, 15) is 4.39 Å². The number of nitrogens with zero attached hydrogens (tertiary/aromatic N) is 2. The molecule has 31 heavy (non-hydrogen) atoms. The highest BCUT2D eigenvalue weighted by molar-refractivity contribution is 6.30. The molecule has 2 aromatic carbocycles. The van der Waals surface area contributed by atoms with E-state index in [1.807, 2.05) is 49.6 Å². The molecule has 1 aliphatic rings. The van der Waals surface area contributed by atoms with Crippen LogP contribution in [0, 0.1) is 12.7 Å². The largest absolute Gasteiger partial charge is 0.370 e. The summed E-state index contributed by atoms with van der Waals surface area (Å²) in [6.07, 6.45) is 7.72. The minimum absolute atomic E-state index is 0.227. The van der Waals surface area contributed by atoms with Crippen molar-refractivity contribution in [1.82, 2.24) is 4.98 Å². The zero-order chi connectivity index (χ0) is 22.0. The van der Waals surface area contributed by atoms with Gasteiger partial charge in [-0.25, -0.2) is 4.39 Å². The molecule has 2 heterocycles. The molecule has 5 heteroatoms. The van der Waals surface area contributed by atoms with E-state index in [-0.39, 0.29) is 11.9 Å². The molecule has 2 N–H and O–H groups in total. The normalized spacial score (nSPS) is 15.4. The summed E-state index contributed by atoms with van der Waals surface area (Å²) in [5.41, 5.74) is 13.1. The SMILES string of the molecule is C/C(=C\c1cncc(-c2cc(C)cc(F)c2)c1N1CCC(N)CC1)c1cccc(Cl)c1.